The maximum Gasteiger partial charge on any atom is 0.410 e. The van der Waals surface area contributed by atoms with Gasteiger partial charge in [0.25, 0.3) is 0 Å². The average molecular weight is 273 g/mol. The second-order valence-electron chi connectivity index (χ2n) is 4.79. The summed E-state index contributed by atoms with van der Waals surface area (Å²) in [5.41, 5.74) is 0. The quantitative estimate of drug-likeness (QED) is 0.638. The molecule has 1 atom stereocenters. The smallest absolute Gasteiger partial charge is 0.410 e. The Labute approximate surface area is 116 Å². The van der Waals surface area contributed by atoms with Gasteiger partial charge in [-0.1, -0.05) is 20.8 Å². The van der Waals surface area contributed by atoms with E-state index < -0.39 is 12.1 Å². The normalized spacial score (nSPS) is 12.1. The fraction of sp³-hybridized carbons (Fsp3) is 0.857. The molecule has 0 rings (SSSR count). The van der Waals surface area contributed by atoms with Crippen molar-refractivity contribution >= 4 is 12.1 Å². The van der Waals surface area contributed by atoms with Crippen LogP contribution < -0.4 is 0 Å². The zero-order valence-electron chi connectivity index (χ0n) is 12.8. The van der Waals surface area contributed by atoms with Gasteiger partial charge in [0.15, 0.2) is 0 Å². The molecule has 0 fully saturated rings. The molecule has 0 aliphatic carbocycles. The van der Waals surface area contributed by atoms with Gasteiger partial charge in [0.1, 0.15) is 6.04 Å². The summed E-state index contributed by atoms with van der Waals surface area (Å²) < 4.78 is 10.1. The first-order valence-corrected chi connectivity index (χ1v) is 7.07. The Bertz CT molecular complexity index is 279. The molecule has 0 aliphatic heterocycles. The molecule has 19 heavy (non-hydrogen) atoms. The van der Waals surface area contributed by atoms with Gasteiger partial charge < -0.3 is 9.47 Å². The van der Waals surface area contributed by atoms with E-state index in [-0.39, 0.29) is 5.97 Å². The summed E-state index contributed by atoms with van der Waals surface area (Å²) in [4.78, 5) is 25.5. The van der Waals surface area contributed by atoms with Crippen molar-refractivity contribution in [2.24, 2.45) is 5.92 Å². The van der Waals surface area contributed by atoms with E-state index in [1.54, 1.807) is 13.8 Å². The van der Waals surface area contributed by atoms with Gasteiger partial charge in [0, 0.05) is 6.54 Å². The lowest BCUT2D eigenvalue weighted by atomic mass is 10.0. The van der Waals surface area contributed by atoms with E-state index in [0.717, 1.165) is 6.42 Å². The molecule has 0 saturated heterocycles. The third-order valence-corrected chi connectivity index (χ3v) is 2.60. The number of carbonyl (C=O) groups is 2. The Hall–Kier alpha value is -1.26. The molecule has 0 spiro atoms. The maximum absolute atomic E-state index is 12.0. The minimum absolute atomic E-state index is 0.295. The molecular weight excluding hydrogens is 246 g/mol. The fourth-order valence-corrected chi connectivity index (χ4v) is 1.86. The van der Waals surface area contributed by atoms with Gasteiger partial charge in [-0.2, -0.15) is 0 Å². The van der Waals surface area contributed by atoms with Crippen LogP contribution in [0.2, 0.25) is 0 Å². The van der Waals surface area contributed by atoms with Crippen molar-refractivity contribution in [2.45, 2.75) is 53.5 Å². The van der Waals surface area contributed by atoms with Crippen molar-refractivity contribution < 1.29 is 19.1 Å². The molecule has 0 aromatic rings. The average Bonchev–Trinajstić information content (AvgIpc) is 2.33. The number of amides is 1. The third kappa shape index (κ3) is 6.45. The van der Waals surface area contributed by atoms with E-state index in [1.165, 1.54) is 4.90 Å². The zero-order valence-corrected chi connectivity index (χ0v) is 12.8. The molecule has 1 unspecified atom stereocenters. The molecule has 0 N–H and O–H groups in total. The summed E-state index contributed by atoms with van der Waals surface area (Å²) in [5, 5.41) is 0. The molecule has 0 aromatic heterocycles. The molecule has 112 valence electrons. The van der Waals surface area contributed by atoms with Crippen molar-refractivity contribution in [3.8, 4) is 0 Å². The summed E-state index contributed by atoms with van der Waals surface area (Å²) in [6, 6.07) is -0.557. The number of esters is 1. The fourth-order valence-electron chi connectivity index (χ4n) is 1.86. The lowest BCUT2D eigenvalue weighted by Gasteiger charge is -2.30. The largest absolute Gasteiger partial charge is 0.464 e. The molecular formula is C14H27NO4. The van der Waals surface area contributed by atoms with E-state index in [9.17, 15) is 9.59 Å². The summed E-state index contributed by atoms with van der Waals surface area (Å²) in [7, 11) is 0. The molecule has 5 nitrogen and oxygen atoms in total. The van der Waals surface area contributed by atoms with E-state index >= 15 is 0 Å². The molecule has 0 bridgehead atoms. The predicted molar refractivity (Wildman–Crippen MR) is 73.9 cm³/mol. The number of rotatable bonds is 8. The highest BCUT2D eigenvalue weighted by Gasteiger charge is 2.31. The van der Waals surface area contributed by atoms with Crippen LogP contribution in [0.5, 0.6) is 0 Å². The highest BCUT2D eigenvalue weighted by Crippen LogP contribution is 2.15. The minimum Gasteiger partial charge on any atom is -0.464 e. The van der Waals surface area contributed by atoms with Crippen LogP contribution >= 0.6 is 0 Å². The van der Waals surface area contributed by atoms with Crippen LogP contribution in [-0.4, -0.2) is 42.8 Å². The van der Waals surface area contributed by atoms with Crippen LogP contribution in [0.3, 0.4) is 0 Å². The standard InChI is InChI=1S/C14H27NO4/c1-6-9-15(14(17)19-8-3)12(10-11(4)5)13(16)18-7-2/h11-12H,6-10H2,1-5H3. The summed E-state index contributed by atoms with van der Waals surface area (Å²) in [6.07, 6.45) is 0.910. The van der Waals surface area contributed by atoms with Crippen LogP contribution in [0.1, 0.15) is 47.5 Å². The van der Waals surface area contributed by atoms with Crippen LogP contribution in [0.25, 0.3) is 0 Å². The summed E-state index contributed by atoms with van der Waals surface area (Å²) >= 11 is 0. The first-order valence-electron chi connectivity index (χ1n) is 7.07. The molecule has 0 aliphatic rings. The number of hydrogen-bond acceptors (Lipinski definition) is 4. The summed E-state index contributed by atoms with van der Waals surface area (Å²) in [6.45, 7) is 10.6. The van der Waals surface area contributed by atoms with Crippen molar-refractivity contribution in [3.05, 3.63) is 0 Å². The SMILES string of the molecule is CCCN(C(=O)OCC)C(CC(C)C)C(=O)OCC. The van der Waals surface area contributed by atoms with Crippen molar-refractivity contribution in [3.63, 3.8) is 0 Å². The van der Waals surface area contributed by atoms with Gasteiger partial charge in [-0.05, 0) is 32.6 Å². The number of carbonyl (C=O) groups excluding carboxylic acids is 2. The molecule has 0 saturated carbocycles. The second-order valence-corrected chi connectivity index (χ2v) is 4.79. The van der Waals surface area contributed by atoms with E-state index in [4.69, 9.17) is 9.47 Å². The van der Waals surface area contributed by atoms with Crippen LogP contribution in [0, 0.1) is 5.92 Å². The Kier molecular flexibility index (Phi) is 9.00. The number of hydrogen-bond donors (Lipinski definition) is 0. The molecule has 0 radical (unpaired) electrons. The summed E-state index contributed by atoms with van der Waals surface area (Å²) in [5.74, 6) is -0.0547. The maximum atomic E-state index is 12.0. The lowest BCUT2D eigenvalue weighted by molar-refractivity contribution is -0.149. The number of nitrogens with zero attached hydrogens (tertiary/aromatic N) is 1. The van der Waals surface area contributed by atoms with Crippen LogP contribution in [-0.2, 0) is 14.3 Å². The van der Waals surface area contributed by atoms with Gasteiger partial charge >= 0.3 is 12.1 Å². The topological polar surface area (TPSA) is 55.8 Å². The van der Waals surface area contributed by atoms with E-state index in [1.807, 2.05) is 20.8 Å². The zero-order chi connectivity index (χ0) is 14.8. The van der Waals surface area contributed by atoms with Gasteiger partial charge in [-0.3, -0.25) is 4.90 Å². The number of ether oxygens (including phenoxy) is 2. The first kappa shape index (κ1) is 17.7. The Morgan fingerprint density at radius 1 is 1.05 bits per heavy atom. The molecule has 0 aromatic carbocycles. The van der Waals surface area contributed by atoms with Crippen molar-refractivity contribution in [1.82, 2.24) is 4.90 Å². The Morgan fingerprint density at radius 2 is 1.63 bits per heavy atom. The van der Waals surface area contributed by atoms with Gasteiger partial charge in [-0.25, -0.2) is 9.59 Å². The highest BCUT2D eigenvalue weighted by atomic mass is 16.6. The Balaban J connectivity index is 4.99. The van der Waals surface area contributed by atoms with Gasteiger partial charge in [-0.15, -0.1) is 0 Å². The van der Waals surface area contributed by atoms with Gasteiger partial charge in [0.2, 0.25) is 0 Å². The van der Waals surface area contributed by atoms with E-state index in [0.29, 0.717) is 32.1 Å². The monoisotopic (exact) mass is 273 g/mol. The third-order valence-electron chi connectivity index (χ3n) is 2.60. The van der Waals surface area contributed by atoms with Crippen molar-refractivity contribution in [1.29, 1.82) is 0 Å². The van der Waals surface area contributed by atoms with Crippen LogP contribution in [0.15, 0.2) is 0 Å². The lowest BCUT2D eigenvalue weighted by Crippen LogP contribution is -2.47. The second kappa shape index (κ2) is 9.64. The van der Waals surface area contributed by atoms with E-state index in [2.05, 4.69) is 0 Å². The highest BCUT2D eigenvalue weighted by molar-refractivity contribution is 5.81. The van der Waals surface area contributed by atoms with Crippen LogP contribution in [0.4, 0.5) is 4.79 Å². The molecule has 1 amide bonds. The Morgan fingerprint density at radius 3 is 2.05 bits per heavy atom. The molecule has 5 heteroatoms. The predicted octanol–water partition coefficient (Wildman–Crippen LogP) is 2.83. The van der Waals surface area contributed by atoms with Crippen molar-refractivity contribution in [2.75, 3.05) is 19.8 Å². The van der Waals surface area contributed by atoms with Gasteiger partial charge in [0.05, 0.1) is 13.2 Å². The first-order chi connectivity index (χ1) is 8.97. The molecule has 0 heterocycles. The minimum atomic E-state index is -0.557.